The number of rotatable bonds is 7. The smallest absolute Gasteiger partial charge is 0.135 e. The highest BCUT2D eigenvalue weighted by molar-refractivity contribution is 5.79. The van der Waals surface area contributed by atoms with Gasteiger partial charge in [-0.3, -0.25) is 0 Å². The minimum Gasteiger partial charge on any atom is -0.399 e. The number of ether oxygens (including phenoxy) is 1. The molecule has 0 spiro atoms. The van der Waals surface area contributed by atoms with Gasteiger partial charge in [-0.15, -0.1) is 0 Å². The fraction of sp³-hybridized carbons (Fsp3) is 0.500. The maximum absolute atomic E-state index is 9.38. The van der Waals surface area contributed by atoms with Gasteiger partial charge in [0.25, 0.3) is 0 Å². The van der Waals surface area contributed by atoms with Crippen molar-refractivity contribution in [2.45, 2.75) is 32.9 Å². The lowest BCUT2D eigenvalue weighted by Gasteiger charge is -2.08. The van der Waals surface area contributed by atoms with E-state index in [-0.39, 0.29) is 6.61 Å². The topological polar surface area (TPSA) is 73.3 Å². The van der Waals surface area contributed by atoms with Crippen molar-refractivity contribution < 1.29 is 9.84 Å². The van der Waals surface area contributed by atoms with Gasteiger partial charge in [0.2, 0.25) is 0 Å². The molecule has 0 aliphatic heterocycles. The molecule has 0 radical (unpaired) electrons. The highest BCUT2D eigenvalue weighted by atomic mass is 16.5. The van der Waals surface area contributed by atoms with Crippen molar-refractivity contribution in [2.75, 3.05) is 18.9 Å². The van der Waals surface area contributed by atoms with E-state index in [2.05, 4.69) is 11.9 Å². The molecule has 0 saturated carbocycles. The van der Waals surface area contributed by atoms with Crippen molar-refractivity contribution in [1.29, 1.82) is 0 Å². The number of aliphatic hydroxyl groups is 1. The molecule has 0 fully saturated rings. The first-order valence-corrected chi connectivity index (χ1v) is 6.69. The molecule has 0 amide bonds. The monoisotopic (exact) mass is 263 g/mol. The Kier molecular flexibility index (Phi) is 4.76. The summed E-state index contributed by atoms with van der Waals surface area (Å²) in [4.78, 5) is 4.40. The predicted molar refractivity (Wildman–Crippen MR) is 75.8 cm³/mol. The van der Waals surface area contributed by atoms with Gasteiger partial charge < -0.3 is 20.1 Å². The molecule has 1 heterocycles. The van der Waals surface area contributed by atoms with Crippen LogP contribution in [0, 0.1) is 0 Å². The Morgan fingerprint density at radius 3 is 2.95 bits per heavy atom. The van der Waals surface area contributed by atoms with Crippen molar-refractivity contribution in [3.05, 3.63) is 24.0 Å². The summed E-state index contributed by atoms with van der Waals surface area (Å²) in [5.41, 5.74) is 8.28. The first-order chi connectivity index (χ1) is 9.26. The van der Waals surface area contributed by atoms with Crippen LogP contribution in [0.5, 0.6) is 0 Å². The number of aliphatic hydroxyl groups excluding tert-OH is 1. The van der Waals surface area contributed by atoms with Gasteiger partial charge in [0.1, 0.15) is 12.4 Å². The molecule has 5 heteroatoms. The summed E-state index contributed by atoms with van der Waals surface area (Å²) in [7, 11) is 0. The number of aryl methyl sites for hydroxylation is 1. The van der Waals surface area contributed by atoms with E-state index in [0.29, 0.717) is 11.5 Å². The van der Waals surface area contributed by atoms with E-state index < -0.39 is 0 Å². The number of hydrogen-bond donors (Lipinski definition) is 2. The zero-order chi connectivity index (χ0) is 13.7. The van der Waals surface area contributed by atoms with E-state index in [1.54, 1.807) is 0 Å². The van der Waals surface area contributed by atoms with Gasteiger partial charge in [0.05, 0.1) is 11.0 Å². The molecule has 0 aliphatic carbocycles. The van der Waals surface area contributed by atoms with E-state index in [1.807, 2.05) is 22.8 Å². The Balaban J connectivity index is 2.11. The van der Waals surface area contributed by atoms with Crippen LogP contribution in [-0.4, -0.2) is 27.9 Å². The average molecular weight is 263 g/mol. The molecule has 0 bridgehead atoms. The second-order valence-corrected chi connectivity index (χ2v) is 4.55. The number of imidazole rings is 1. The van der Waals surface area contributed by atoms with Crippen LogP contribution in [0.2, 0.25) is 0 Å². The SMILES string of the molecule is CCCOCCCn1c(CO)nc2cc(N)ccc21. The van der Waals surface area contributed by atoms with E-state index in [1.165, 1.54) is 0 Å². The summed E-state index contributed by atoms with van der Waals surface area (Å²) in [6, 6.07) is 5.64. The number of aromatic nitrogens is 2. The van der Waals surface area contributed by atoms with Gasteiger partial charge in [0, 0.05) is 25.4 Å². The molecular weight excluding hydrogens is 242 g/mol. The Morgan fingerprint density at radius 1 is 1.37 bits per heavy atom. The van der Waals surface area contributed by atoms with Crippen LogP contribution < -0.4 is 5.73 Å². The fourth-order valence-electron chi connectivity index (χ4n) is 2.14. The number of nitrogens with zero attached hydrogens (tertiary/aromatic N) is 2. The summed E-state index contributed by atoms with van der Waals surface area (Å²) in [6.45, 7) is 4.35. The van der Waals surface area contributed by atoms with E-state index in [9.17, 15) is 5.11 Å². The molecule has 5 nitrogen and oxygen atoms in total. The summed E-state index contributed by atoms with van der Waals surface area (Å²) in [5.74, 6) is 0.677. The van der Waals surface area contributed by atoms with Gasteiger partial charge >= 0.3 is 0 Å². The van der Waals surface area contributed by atoms with Crippen LogP contribution in [0.15, 0.2) is 18.2 Å². The highest BCUT2D eigenvalue weighted by Crippen LogP contribution is 2.19. The quantitative estimate of drug-likeness (QED) is 0.591. The van der Waals surface area contributed by atoms with Gasteiger partial charge in [-0.1, -0.05) is 6.92 Å². The highest BCUT2D eigenvalue weighted by Gasteiger charge is 2.09. The minimum absolute atomic E-state index is 0.0651. The molecule has 1 aromatic carbocycles. The predicted octanol–water partition coefficient (Wildman–Crippen LogP) is 1.93. The number of hydrogen-bond acceptors (Lipinski definition) is 4. The van der Waals surface area contributed by atoms with Crippen LogP contribution in [0.1, 0.15) is 25.6 Å². The second-order valence-electron chi connectivity index (χ2n) is 4.55. The molecule has 0 saturated heterocycles. The normalized spacial score (nSPS) is 11.3. The molecule has 2 aromatic rings. The minimum atomic E-state index is -0.0651. The Bertz CT molecular complexity index is 537. The van der Waals surface area contributed by atoms with Crippen molar-refractivity contribution in [2.24, 2.45) is 0 Å². The first-order valence-electron chi connectivity index (χ1n) is 6.69. The lowest BCUT2D eigenvalue weighted by atomic mass is 10.3. The van der Waals surface area contributed by atoms with Gasteiger partial charge in [0.15, 0.2) is 0 Å². The van der Waals surface area contributed by atoms with Crippen LogP contribution in [-0.2, 0) is 17.9 Å². The lowest BCUT2D eigenvalue weighted by molar-refractivity contribution is 0.129. The number of benzene rings is 1. The third-order valence-electron chi connectivity index (χ3n) is 3.01. The van der Waals surface area contributed by atoms with E-state index in [4.69, 9.17) is 10.5 Å². The molecular formula is C14H21N3O2. The number of nitrogens with two attached hydrogens (primary N) is 1. The molecule has 3 N–H and O–H groups in total. The van der Waals surface area contributed by atoms with Crippen molar-refractivity contribution in [3.8, 4) is 0 Å². The summed E-state index contributed by atoms with van der Waals surface area (Å²) in [5, 5.41) is 9.38. The largest absolute Gasteiger partial charge is 0.399 e. The number of anilines is 1. The third-order valence-corrected chi connectivity index (χ3v) is 3.01. The molecule has 0 unspecified atom stereocenters. The van der Waals surface area contributed by atoms with Crippen LogP contribution in [0.3, 0.4) is 0 Å². The van der Waals surface area contributed by atoms with Gasteiger partial charge in [-0.25, -0.2) is 4.98 Å². The molecule has 19 heavy (non-hydrogen) atoms. The Morgan fingerprint density at radius 2 is 2.21 bits per heavy atom. The number of fused-ring (bicyclic) bond motifs is 1. The van der Waals surface area contributed by atoms with Gasteiger partial charge in [-0.05, 0) is 31.0 Å². The second kappa shape index (κ2) is 6.54. The Hall–Kier alpha value is -1.59. The molecule has 2 rings (SSSR count). The van der Waals surface area contributed by atoms with E-state index >= 15 is 0 Å². The van der Waals surface area contributed by atoms with Gasteiger partial charge in [-0.2, -0.15) is 0 Å². The maximum atomic E-state index is 9.38. The molecule has 1 aromatic heterocycles. The van der Waals surface area contributed by atoms with Crippen LogP contribution >= 0.6 is 0 Å². The van der Waals surface area contributed by atoms with Crippen molar-refractivity contribution in [1.82, 2.24) is 9.55 Å². The lowest BCUT2D eigenvalue weighted by Crippen LogP contribution is -2.07. The third kappa shape index (κ3) is 3.24. The maximum Gasteiger partial charge on any atom is 0.135 e. The number of nitrogen functional groups attached to an aromatic ring is 1. The first kappa shape index (κ1) is 13.8. The van der Waals surface area contributed by atoms with Crippen LogP contribution in [0.25, 0.3) is 11.0 Å². The summed E-state index contributed by atoms with van der Waals surface area (Å²) >= 11 is 0. The molecule has 104 valence electrons. The van der Waals surface area contributed by atoms with E-state index in [0.717, 1.165) is 43.6 Å². The summed E-state index contributed by atoms with van der Waals surface area (Å²) in [6.07, 6.45) is 1.94. The Labute approximate surface area is 113 Å². The fourth-order valence-corrected chi connectivity index (χ4v) is 2.14. The zero-order valence-corrected chi connectivity index (χ0v) is 11.3. The summed E-state index contributed by atoms with van der Waals surface area (Å²) < 4.78 is 7.50. The molecule has 0 atom stereocenters. The zero-order valence-electron chi connectivity index (χ0n) is 11.3. The molecule has 0 aliphatic rings. The van der Waals surface area contributed by atoms with Crippen molar-refractivity contribution in [3.63, 3.8) is 0 Å². The van der Waals surface area contributed by atoms with Crippen molar-refractivity contribution >= 4 is 16.7 Å². The standard InChI is InChI=1S/C14H21N3O2/c1-2-7-19-8-3-6-17-13-5-4-11(15)9-12(13)16-14(17)10-18/h4-5,9,18H,2-3,6-8,10,15H2,1H3. The average Bonchev–Trinajstić information content (AvgIpc) is 2.75. The van der Waals surface area contributed by atoms with Crippen LogP contribution in [0.4, 0.5) is 5.69 Å².